The van der Waals surface area contributed by atoms with Gasteiger partial charge >= 0.3 is 13.8 Å². The van der Waals surface area contributed by atoms with Gasteiger partial charge in [0.05, 0.1) is 6.61 Å². The van der Waals surface area contributed by atoms with E-state index in [4.69, 9.17) is 19.2 Å². The highest BCUT2D eigenvalue weighted by molar-refractivity contribution is 7.45. The molecule has 136 valence electrons. The summed E-state index contributed by atoms with van der Waals surface area (Å²) in [4.78, 5) is 32.0. The number of esters is 1. The van der Waals surface area contributed by atoms with Crippen LogP contribution in [0.25, 0.3) is 11.1 Å². The van der Waals surface area contributed by atoms with Gasteiger partial charge in [-0.15, -0.1) is 0 Å². The van der Waals surface area contributed by atoms with Crippen molar-refractivity contribution in [2.45, 2.75) is 13.8 Å². The number of carbonyl (C=O) groups is 1. The van der Waals surface area contributed by atoms with Crippen molar-refractivity contribution in [3.63, 3.8) is 0 Å². The number of benzene rings is 2. The molecule has 2 aromatic carbocycles. The van der Waals surface area contributed by atoms with Gasteiger partial charge in [0.2, 0.25) is 0 Å². The van der Waals surface area contributed by atoms with Crippen LogP contribution in [-0.4, -0.2) is 27.3 Å². The van der Waals surface area contributed by atoms with Crippen LogP contribution in [0.15, 0.2) is 72.8 Å². The molecule has 0 saturated carbocycles. The zero-order valence-corrected chi connectivity index (χ0v) is 15.1. The van der Waals surface area contributed by atoms with E-state index in [0.29, 0.717) is 12.2 Å². The standard InChI is InChI=1S/C12H10.C6H10O2.H3O4P/c1-3-7-11(8-4-1)12-9-5-2-6-10-12;1-4-8-6(7)5(2)3;1-5(2,3)4/h1-10H;2,4H2,1,3H3;(H3,1,2,3,4). The number of carbonyl (C=O) groups excluding carboxylic acids is 1. The molecule has 0 aliphatic carbocycles. The molecule has 0 heterocycles. The summed E-state index contributed by atoms with van der Waals surface area (Å²) in [7, 11) is -4.64. The Morgan fingerprint density at radius 2 is 1.28 bits per heavy atom. The first kappa shape index (κ1) is 22.8. The summed E-state index contributed by atoms with van der Waals surface area (Å²) in [6.45, 7) is 7.21. The fourth-order valence-corrected chi connectivity index (χ4v) is 1.52. The average molecular weight is 366 g/mol. The Kier molecular flexibility index (Phi) is 11.1. The van der Waals surface area contributed by atoms with Crippen molar-refractivity contribution in [1.82, 2.24) is 0 Å². The Labute approximate surface area is 147 Å². The molecule has 0 amide bonds. The molecule has 6 nitrogen and oxygen atoms in total. The summed E-state index contributed by atoms with van der Waals surface area (Å²) in [5.74, 6) is -0.312. The van der Waals surface area contributed by atoms with E-state index in [0.717, 1.165) is 0 Å². The van der Waals surface area contributed by atoms with Crippen LogP contribution in [0.2, 0.25) is 0 Å². The first-order valence-electron chi connectivity index (χ1n) is 7.36. The maximum Gasteiger partial charge on any atom is 0.466 e. The third-order valence-electron chi connectivity index (χ3n) is 2.50. The predicted molar refractivity (Wildman–Crippen MR) is 97.6 cm³/mol. The summed E-state index contributed by atoms with van der Waals surface area (Å²) >= 11 is 0. The lowest BCUT2D eigenvalue weighted by molar-refractivity contribution is -0.138. The lowest BCUT2D eigenvalue weighted by atomic mass is 10.1. The number of hydrogen-bond acceptors (Lipinski definition) is 3. The van der Waals surface area contributed by atoms with E-state index in [2.05, 4.69) is 59.8 Å². The van der Waals surface area contributed by atoms with Crippen molar-refractivity contribution >= 4 is 13.8 Å². The van der Waals surface area contributed by atoms with Gasteiger partial charge in [-0.1, -0.05) is 67.2 Å². The van der Waals surface area contributed by atoms with Gasteiger partial charge in [0.15, 0.2) is 0 Å². The predicted octanol–water partition coefficient (Wildman–Crippen LogP) is 3.55. The summed E-state index contributed by atoms with van der Waals surface area (Å²) < 4.78 is 13.4. The van der Waals surface area contributed by atoms with Gasteiger partial charge in [-0.25, -0.2) is 9.36 Å². The highest BCUT2D eigenvalue weighted by atomic mass is 31.2. The van der Waals surface area contributed by atoms with Gasteiger partial charge < -0.3 is 19.4 Å². The highest BCUT2D eigenvalue weighted by Gasteiger charge is 2.00. The Hall–Kier alpha value is -2.24. The van der Waals surface area contributed by atoms with Gasteiger partial charge in [-0.3, -0.25) is 0 Å². The number of ether oxygens (including phenoxy) is 1. The summed E-state index contributed by atoms with van der Waals surface area (Å²) in [5.41, 5.74) is 3.00. The van der Waals surface area contributed by atoms with Crippen molar-refractivity contribution < 1.29 is 28.8 Å². The number of rotatable bonds is 3. The zero-order chi connectivity index (χ0) is 19.3. The van der Waals surface area contributed by atoms with E-state index in [-0.39, 0.29) is 5.97 Å². The van der Waals surface area contributed by atoms with E-state index in [1.165, 1.54) is 11.1 Å². The topological polar surface area (TPSA) is 104 Å². The van der Waals surface area contributed by atoms with Crippen LogP contribution < -0.4 is 0 Å². The number of phosphoric acid groups is 1. The minimum absolute atomic E-state index is 0.312. The summed E-state index contributed by atoms with van der Waals surface area (Å²) in [6.07, 6.45) is 0. The molecule has 0 bridgehead atoms. The molecule has 0 unspecified atom stereocenters. The second kappa shape index (κ2) is 12.2. The molecular formula is C18H23O6P. The maximum absolute atomic E-state index is 10.4. The molecule has 2 aromatic rings. The minimum Gasteiger partial charge on any atom is -0.463 e. The van der Waals surface area contributed by atoms with Crippen molar-refractivity contribution in [2.24, 2.45) is 0 Å². The van der Waals surface area contributed by atoms with E-state index in [1.807, 2.05) is 12.1 Å². The quantitative estimate of drug-likeness (QED) is 0.436. The van der Waals surface area contributed by atoms with Gasteiger partial charge in [0.1, 0.15) is 0 Å². The second-order valence-electron chi connectivity index (χ2n) is 4.75. The Bertz CT molecular complexity index is 633. The fourth-order valence-electron chi connectivity index (χ4n) is 1.52. The molecule has 25 heavy (non-hydrogen) atoms. The first-order valence-corrected chi connectivity index (χ1v) is 8.93. The van der Waals surface area contributed by atoms with Crippen LogP contribution in [0.3, 0.4) is 0 Å². The maximum atomic E-state index is 10.4. The van der Waals surface area contributed by atoms with E-state index in [9.17, 15) is 4.79 Å². The minimum atomic E-state index is -4.64. The Balaban J connectivity index is 0.000000387. The molecular weight excluding hydrogens is 343 g/mol. The van der Waals surface area contributed by atoms with Crippen LogP contribution in [0, 0.1) is 0 Å². The Morgan fingerprint density at radius 1 is 0.960 bits per heavy atom. The third-order valence-corrected chi connectivity index (χ3v) is 2.50. The van der Waals surface area contributed by atoms with Crippen LogP contribution in [0.4, 0.5) is 0 Å². The van der Waals surface area contributed by atoms with E-state index < -0.39 is 7.82 Å². The van der Waals surface area contributed by atoms with Crippen molar-refractivity contribution in [3.8, 4) is 11.1 Å². The molecule has 0 fully saturated rings. The smallest absolute Gasteiger partial charge is 0.463 e. The molecule has 0 aliphatic rings. The molecule has 0 radical (unpaired) electrons. The average Bonchev–Trinajstić information content (AvgIpc) is 2.56. The molecule has 0 atom stereocenters. The molecule has 0 aliphatic heterocycles. The van der Waals surface area contributed by atoms with E-state index >= 15 is 0 Å². The molecule has 3 N–H and O–H groups in total. The van der Waals surface area contributed by atoms with Crippen LogP contribution in [0.1, 0.15) is 13.8 Å². The number of hydrogen-bond donors (Lipinski definition) is 3. The molecule has 7 heteroatoms. The van der Waals surface area contributed by atoms with Crippen LogP contribution >= 0.6 is 7.82 Å². The largest absolute Gasteiger partial charge is 0.466 e. The van der Waals surface area contributed by atoms with Crippen molar-refractivity contribution in [3.05, 3.63) is 72.8 Å². The summed E-state index contributed by atoms with van der Waals surface area (Å²) in [6, 6.07) is 20.8. The van der Waals surface area contributed by atoms with Crippen molar-refractivity contribution in [2.75, 3.05) is 6.61 Å². The lowest BCUT2D eigenvalue weighted by Crippen LogP contribution is -2.03. The van der Waals surface area contributed by atoms with Crippen molar-refractivity contribution in [1.29, 1.82) is 0 Å². The van der Waals surface area contributed by atoms with Gasteiger partial charge in [-0.05, 0) is 25.0 Å². The van der Waals surface area contributed by atoms with Gasteiger partial charge in [-0.2, -0.15) is 0 Å². The lowest BCUT2D eigenvalue weighted by Gasteiger charge is -1.98. The van der Waals surface area contributed by atoms with Crippen LogP contribution in [0.5, 0.6) is 0 Å². The third kappa shape index (κ3) is 13.9. The SMILES string of the molecule is C=C(C)C(=O)OCC.O=P(O)(O)O.c1ccc(-c2ccccc2)cc1. The second-order valence-corrected chi connectivity index (χ2v) is 5.77. The monoisotopic (exact) mass is 366 g/mol. The first-order chi connectivity index (χ1) is 11.6. The normalized spacial score (nSPS) is 9.64. The van der Waals surface area contributed by atoms with Gasteiger partial charge in [0.25, 0.3) is 0 Å². The zero-order valence-electron chi connectivity index (χ0n) is 14.2. The van der Waals surface area contributed by atoms with Gasteiger partial charge in [0, 0.05) is 5.57 Å². The molecule has 2 rings (SSSR count). The molecule has 0 saturated heterocycles. The summed E-state index contributed by atoms with van der Waals surface area (Å²) in [5, 5.41) is 0. The fraction of sp³-hybridized carbons (Fsp3) is 0.167. The molecule has 0 aromatic heterocycles. The van der Waals surface area contributed by atoms with E-state index in [1.54, 1.807) is 13.8 Å². The highest BCUT2D eigenvalue weighted by Crippen LogP contribution is 2.25. The molecule has 0 spiro atoms. The Morgan fingerprint density at radius 3 is 1.48 bits per heavy atom. The van der Waals surface area contributed by atoms with Crippen LogP contribution in [-0.2, 0) is 14.1 Å².